The van der Waals surface area contributed by atoms with Crippen molar-refractivity contribution in [2.24, 2.45) is 5.92 Å². The number of rotatable bonds is 14. The minimum absolute atomic E-state index is 0.0273. The molecule has 0 aliphatic heterocycles. The highest BCUT2D eigenvalue weighted by atomic mass is 35.5. The van der Waals surface area contributed by atoms with Crippen molar-refractivity contribution in [3.63, 3.8) is 0 Å². The minimum atomic E-state index is -3.63. The predicted octanol–water partition coefficient (Wildman–Crippen LogP) is 7.93. The lowest BCUT2D eigenvalue weighted by Gasteiger charge is -2.36. The maximum Gasteiger partial charge on any atom is 0.264 e. The summed E-state index contributed by atoms with van der Waals surface area (Å²) in [4.78, 5) is 14.0. The fourth-order valence-corrected chi connectivity index (χ4v) is 6.28. The summed E-state index contributed by atoms with van der Waals surface area (Å²) < 4.78 is 40.3. The number of fused-ring (bicyclic) bond motifs is 1. The van der Waals surface area contributed by atoms with Crippen LogP contribution in [0.3, 0.4) is 0 Å². The summed E-state index contributed by atoms with van der Waals surface area (Å²) in [6.45, 7) is 13.4. The Labute approximate surface area is 278 Å². The van der Waals surface area contributed by atoms with Crippen molar-refractivity contribution in [2.45, 2.75) is 58.2 Å². The number of hydrogen-bond acceptors (Lipinski definition) is 7. The van der Waals surface area contributed by atoms with Gasteiger partial charge in [-0.15, -0.1) is 0 Å². The van der Waals surface area contributed by atoms with Gasteiger partial charge in [-0.25, -0.2) is 0 Å². The van der Waals surface area contributed by atoms with Crippen LogP contribution in [0.2, 0.25) is 28.2 Å². The Morgan fingerprint density at radius 1 is 1.07 bits per heavy atom. The summed E-state index contributed by atoms with van der Waals surface area (Å²) in [5.41, 5.74) is 1.33. The largest absolute Gasteiger partial charge is 0.491 e. The molecule has 0 saturated heterocycles. The normalized spacial score (nSPS) is 13.7. The second-order valence-corrected chi connectivity index (χ2v) is 20.1. The predicted molar refractivity (Wildman–Crippen MR) is 183 cm³/mol. The lowest BCUT2D eigenvalue weighted by molar-refractivity contribution is 0.0945. The molecular formula is C33H42Cl2N2O6SSi. The van der Waals surface area contributed by atoms with Gasteiger partial charge in [0, 0.05) is 25.0 Å². The third-order valence-corrected chi connectivity index (χ3v) is 13.9. The average Bonchev–Trinajstić information content (AvgIpc) is 2.96. The van der Waals surface area contributed by atoms with Crippen LogP contribution in [0.4, 0.5) is 0 Å². The van der Waals surface area contributed by atoms with E-state index in [-0.39, 0.29) is 53.5 Å². The van der Waals surface area contributed by atoms with Crippen LogP contribution in [0.25, 0.3) is 10.8 Å². The van der Waals surface area contributed by atoms with Gasteiger partial charge in [0.05, 0.1) is 40.6 Å². The summed E-state index contributed by atoms with van der Waals surface area (Å²) in [7, 11) is -5.62. The number of halogens is 2. The number of benzene rings is 3. The van der Waals surface area contributed by atoms with E-state index in [1.807, 2.05) is 30.3 Å². The van der Waals surface area contributed by atoms with Crippen molar-refractivity contribution in [3.8, 4) is 11.8 Å². The summed E-state index contributed by atoms with van der Waals surface area (Å²) in [6.07, 6.45) is 1.61. The fourth-order valence-electron chi connectivity index (χ4n) is 4.43. The maximum absolute atomic E-state index is 14.0. The molecular weight excluding hydrogens is 651 g/mol. The van der Waals surface area contributed by atoms with Crippen LogP contribution >= 0.6 is 23.2 Å². The monoisotopic (exact) mass is 692 g/mol. The quantitative estimate of drug-likeness (QED) is 0.135. The number of nitrogens with one attached hydrogen (secondary N) is 1. The molecule has 3 aromatic carbocycles. The molecule has 8 nitrogen and oxygen atoms in total. The Morgan fingerprint density at radius 3 is 2.38 bits per heavy atom. The zero-order valence-corrected chi connectivity index (χ0v) is 30.2. The highest BCUT2D eigenvalue weighted by molar-refractivity contribution is 7.85. The van der Waals surface area contributed by atoms with E-state index in [1.165, 1.54) is 0 Å². The maximum atomic E-state index is 14.0. The van der Waals surface area contributed by atoms with Gasteiger partial charge in [0.1, 0.15) is 11.8 Å². The zero-order chi connectivity index (χ0) is 33.6. The zero-order valence-electron chi connectivity index (χ0n) is 26.9. The summed E-state index contributed by atoms with van der Waals surface area (Å²) in [5, 5.41) is 15.3. The lowest BCUT2D eigenvalue weighted by Crippen LogP contribution is -2.41. The van der Waals surface area contributed by atoms with Crippen molar-refractivity contribution < 1.29 is 26.6 Å². The molecule has 0 unspecified atom stereocenters. The van der Waals surface area contributed by atoms with E-state index in [9.17, 15) is 18.5 Å². The molecule has 0 aliphatic carbocycles. The van der Waals surface area contributed by atoms with Crippen molar-refractivity contribution in [3.05, 3.63) is 75.3 Å². The number of ether oxygens (including phenoxy) is 1. The van der Waals surface area contributed by atoms with E-state index in [0.717, 1.165) is 11.8 Å². The van der Waals surface area contributed by atoms with E-state index >= 15 is 0 Å². The number of nitriles is 1. The molecule has 0 aliphatic rings. The third-order valence-electron chi connectivity index (χ3n) is 8.09. The van der Waals surface area contributed by atoms with Crippen LogP contribution in [0.1, 0.15) is 61.5 Å². The van der Waals surface area contributed by atoms with Crippen LogP contribution in [0.5, 0.6) is 5.75 Å². The van der Waals surface area contributed by atoms with Gasteiger partial charge in [-0.05, 0) is 59.1 Å². The van der Waals surface area contributed by atoms with Gasteiger partial charge in [0.25, 0.3) is 16.0 Å². The first-order chi connectivity index (χ1) is 20.9. The molecule has 0 saturated carbocycles. The molecule has 0 spiro atoms. The first-order valence-electron chi connectivity index (χ1n) is 14.7. The first kappa shape index (κ1) is 36.8. The first-order valence-corrected chi connectivity index (χ1v) is 20.2. The smallest absolute Gasteiger partial charge is 0.264 e. The molecule has 0 radical (unpaired) electrons. The van der Waals surface area contributed by atoms with Gasteiger partial charge >= 0.3 is 0 Å². The van der Waals surface area contributed by atoms with Gasteiger partial charge < -0.3 is 14.5 Å². The molecule has 2 atom stereocenters. The Bertz CT molecular complexity index is 1670. The highest BCUT2D eigenvalue weighted by Crippen LogP contribution is 2.37. The molecule has 3 aromatic rings. The van der Waals surface area contributed by atoms with Crippen molar-refractivity contribution >= 4 is 58.3 Å². The van der Waals surface area contributed by atoms with Crippen LogP contribution in [-0.2, 0) is 18.7 Å². The SMILES string of the molecule is C[C@@H](COc1c(C#N)cc2ccccc2c1C(=O)NC[C@@H](CCO[Si](C)(C)C(C)(C)C)c1ccc(Cl)c(Cl)c1)COS(C)(=O)=O. The highest BCUT2D eigenvalue weighted by Gasteiger charge is 2.37. The molecule has 1 amide bonds. The van der Waals surface area contributed by atoms with E-state index in [0.29, 0.717) is 33.8 Å². The molecule has 0 bridgehead atoms. The lowest BCUT2D eigenvalue weighted by atomic mass is 9.95. The van der Waals surface area contributed by atoms with E-state index < -0.39 is 24.3 Å². The molecule has 0 aromatic heterocycles. The third kappa shape index (κ3) is 10.2. The second-order valence-electron chi connectivity index (χ2n) is 12.8. The van der Waals surface area contributed by atoms with E-state index in [2.05, 4.69) is 45.3 Å². The van der Waals surface area contributed by atoms with Crippen molar-refractivity contribution in [2.75, 3.05) is 32.6 Å². The van der Waals surface area contributed by atoms with Gasteiger partial charge in [0.15, 0.2) is 8.32 Å². The number of nitrogens with zero attached hydrogens (tertiary/aromatic N) is 1. The average molecular weight is 694 g/mol. The topological polar surface area (TPSA) is 115 Å². The molecule has 244 valence electrons. The van der Waals surface area contributed by atoms with Crippen LogP contribution in [0, 0.1) is 17.2 Å². The summed E-state index contributed by atoms with van der Waals surface area (Å²) in [6, 6.07) is 16.6. The fraction of sp³-hybridized carbons (Fsp3) is 0.455. The second kappa shape index (κ2) is 15.3. The van der Waals surface area contributed by atoms with Crippen molar-refractivity contribution in [1.29, 1.82) is 5.26 Å². The molecule has 3 rings (SSSR count). The Hall–Kier alpha value is -2.65. The standard InChI is InChI=1S/C33H42Cl2N2O6SSi/c1-22(21-42-44(5,39)40)20-41-31-26(18-36)16-24-10-8-9-11-27(24)30(31)32(38)37-19-25(23-12-13-28(34)29(35)17-23)14-15-43-45(6,7)33(2,3)4/h8-13,16-17,22,25H,14-15,19-21H2,1-7H3,(H,37,38)/t22-,25+/m0/s1. The van der Waals surface area contributed by atoms with Crippen LogP contribution in [0.15, 0.2) is 48.5 Å². The number of amides is 1. The number of carbonyl (C=O) groups excluding carboxylic acids is 1. The summed E-state index contributed by atoms with van der Waals surface area (Å²) >= 11 is 12.6. The molecule has 45 heavy (non-hydrogen) atoms. The Balaban J connectivity index is 1.92. The molecule has 12 heteroatoms. The minimum Gasteiger partial charge on any atom is -0.491 e. The molecule has 0 heterocycles. The van der Waals surface area contributed by atoms with Gasteiger partial charge in [-0.1, -0.05) is 81.2 Å². The van der Waals surface area contributed by atoms with Crippen LogP contribution in [-0.4, -0.2) is 55.3 Å². The summed E-state index contributed by atoms with van der Waals surface area (Å²) in [5.74, 6) is -0.758. The van der Waals surface area contributed by atoms with Crippen LogP contribution < -0.4 is 10.1 Å². The Morgan fingerprint density at radius 2 is 1.76 bits per heavy atom. The van der Waals surface area contributed by atoms with Gasteiger partial charge in [-0.2, -0.15) is 13.7 Å². The number of carbonyl (C=O) groups is 1. The van der Waals surface area contributed by atoms with Gasteiger partial charge in [0.2, 0.25) is 0 Å². The molecule has 1 N–H and O–H groups in total. The molecule has 0 fully saturated rings. The van der Waals surface area contributed by atoms with E-state index in [4.69, 9.17) is 36.5 Å². The van der Waals surface area contributed by atoms with Crippen molar-refractivity contribution in [1.82, 2.24) is 5.32 Å². The van der Waals surface area contributed by atoms with Gasteiger partial charge in [-0.3, -0.25) is 8.98 Å². The van der Waals surface area contributed by atoms with E-state index in [1.54, 1.807) is 25.1 Å². The Kier molecular flexibility index (Phi) is 12.5. The number of hydrogen-bond donors (Lipinski definition) is 1.